The number of anilines is 1. The van der Waals surface area contributed by atoms with Crippen molar-refractivity contribution in [3.63, 3.8) is 0 Å². The zero-order valence-electron chi connectivity index (χ0n) is 20.4. The molecule has 6 rings (SSSR count). The molecule has 0 spiro atoms. The van der Waals surface area contributed by atoms with Gasteiger partial charge in [0.05, 0.1) is 17.8 Å². The Balaban J connectivity index is 1.22. The van der Waals surface area contributed by atoms with Gasteiger partial charge < -0.3 is 14.5 Å². The third-order valence-electron chi connectivity index (χ3n) is 7.78. The van der Waals surface area contributed by atoms with Gasteiger partial charge in [-0.25, -0.2) is 14.7 Å². The Hall–Kier alpha value is -3.64. The van der Waals surface area contributed by atoms with Gasteiger partial charge in [-0.3, -0.25) is 9.59 Å². The van der Waals surface area contributed by atoms with Gasteiger partial charge in [-0.2, -0.15) is 0 Å². The Morgan fingerprint density at radius 2 is 1.97 bits per heavy atom. The number of hydrogen-bond donors (Lipinski definition) is 1. The number of hydrogen-bond acceptors (Lipinski definition) is 7. The van der Waals surface area contributed by atoms with Crippen LogP contribution in [0.1, 0.15) is 61.9 Å². The second kappa shape index (κ2) is 9.03. The molecule has 1 saturated heterocycles. The van der Waals surface area contributed by atoms with E-state index in [2.05, 4.69) is 16.2 Å². The number of aromatic nitrogens is 1. The second-order valence-electron chi connectivity index (χ2n) is 10.3. The van der Waals surface area contributed by atoms with E-state index >= 15 is 0 Å². The van der Waals surface area contributed by atoms with Crippen molar-refractivity contribution in [2.24, 2.45) is 5.41 Å². The van der Waals surface area contributed by atoms with E-state index < -0.39 is 5.54 Å². The minimum atomic E-state index is -0.889. The van der Waals surface area contributed by atoms with Crippen LogP contribution in [0.25, 0.3) is 22.2 Å². The molecule has 3 fully saturated rings. The van der Waals surface area contributed by atoms with Crippen LogP contribution < -0.4 is 10.2 Å². The summed E-state index contributed by atoms with van der Waals surface area (Å²) in [6, 6.07) is 7.31. The fourth-order valence-electron chi connectivity index (χ4n) is 5.30. The van der Waals surface area contributed by atoms with E-state index in [4.69, 9.17) is 15.6 Å². The Labute approximate surface area is 218 Å². The maximum atomic E-state index is 13.4. The summed E-state index contributed by atoms with van der Waals surface area (Å²) in [6.45, 7) is 0.837. The number of carbonyl (C=O) groups excluding carboxylic acids is 3. The van der Waals surface area contributed by atoms with Crippen LogP contribution in [0.5, 0.6) is 0 Å². The predicted molar refractivity (Wildman–Crippen MR) is 139 cm³/mol. The Kier molecular flexibility index (Phi) is 5.80. The molecular weight excluding hydrogens is 490 g/mol. The number of ether oxygens (including phenoxy) is 1. The van der Waals surface area contributed by atoms with E-state index in [0.717, 1.165) is 43.1 Å². The van der Waals surface area contributed by atoms with Crippen molar-refractivity contribution < 1.29 is 23.5 Å². The fraction of sp³-hybridized carbons (Fsp3) is 0.429. The Bertz CT molecular complexity index is 1440. The van der Waals surface area contributed by atoms with Crippen LogP contribution >= 0.6 is 11.3 Å². The predicted octanol–water partition coefficient (Wildman–Crippen LogP) is 5.32. The summed E-state index contributed by atoms with van der Waals surface area (Å²) in [5.74, 6) is 2.62. The maximum absolute atomic E-state index is 13.4. The molecule has 8 nitrogen and oxygen atoms in total. The fourth-order valence-corrected chi connectivity index (χ4v) is 6.15. The monoisotopic (exact) mass is 517 g/mol. The van der Waals surface area contributed by atoms with Crippen molar-refractivity contribution in [2.45, 2.75) is 56.9 Å². The molecular formula is C28H27N3O5S. The highest BCUT2D eigenvalue weighted by atomic mass is 32.1. The first-order valence-electron chi connectivity index (χ1n) is 12.7. The Morgan fingerprint density at radius 1 is 1.16 bits per heavy atom. The zero-order chi connectivity index (χ0) is 25.6. The number of thiazole rings is 1. The molecule has 3 aliphatic rings. The third-order valence-corrected chi connectivity index (χ3v) is 8.64. The number of terminal acetylenes is 1. The topological polar surface area (TPSA) is 102 Å². The minimum absolute atomic E-state index is 0.0376. The number of benzene rings is 1. The lowest BCUT2D eigenvalue weighted by Crippen LogP contribution is -2.56. The number of carbonyl (C=O) groups is 3. The number of nitrogens with one attached hydrogen (secondary N) is 1. The lowest BCUT2D eigenvalue weighted by molar-refractivity contribution is -0.127. The molecule has 2 amide bonds. The number of rotatable bonds is 7. The van der Waals surface area contributed by atoms with Crippen molar-refractivity contribution in [3.8, 4) is 23.6 Å². The third kappa shape index (κ3) is 4.40. The van der Waals surface area contributed by atoms with Crippen LogP contribution in [0.2, 0.25) is 0 Å². The summed E-state index contributed by atoms with van der Waals surface area (Å²) in [5.41, 5.74) is 0.850. The van der Waals surface area contributed by atoms with Crippen LogP contribution in [0.3, 0.4) is 0 Å². The smallest absolute Gasteiger partial charge is 0.416 e. The first kappa shape index (κ1) is 23.7. The quantitative estimate of drug-likeness (QED) is 0.426. The van der Waals surface area contributed by atoms with Gasteiger partial charge >= 0.3 is 6.09 Å². The summed E-state index contributed by atoms with van der Waals surface area (Å²) >= 11 is 1.37. The lowest BCUT2D eigenvalue weighted by Gasteiger charge is -2.37. The Morgan fingerprint density at radius 3 is 2.68 bits per heavy atom. The SMILES string of the molecule is C#CC1(CC(=O)C2(NC(=O)c3cc4ccc(-c5csc(N6CCOC6=O)n5)cc4o3)CCCCC2)CC1. The second-order valence-corrected chi connectivity index (χ2v) is 11.1. The zero-order valence-corrected chi connectivity index (χ0v) is 21.2. The number of ketones is 1. The van der Waals surface area contributed by atoms with Gasteiger partial charge in [0, 0.05) is 28.2 Å². The van der Waals surface area contributed by atoms with Crippen molar-refractivity contribution in [3.05, 3.63) is 35.4 Å². The molecule has 9 heteroatoms. The molecule has 2 aromatic heterocycles. The molecule has 37 heavy (non-hydrogen) atoms. The van der Waals surface area contributed by atoms with E-state index in [-0.39, 0.29) is 29.0 Å². The highest BCUT2D eigenvalue weighted by molar-refractivity contribution is 7.14. The molecule has 3 heterocycles. The summed E-state index contributed by atoms with van der Waals surface area (Å²) in [6.07, 6.45) is 11.4. The van der Waals surface area contributed by atoms with Gasteiger partial charge in [-0.1, -0.05) is 37.3 Å². The van der Waals surface area contributed by atoms with Crippen molar-refractivity contribution in [1.29, 1.82) is 0 Å². The summed E-state index contributed by atoms with van der Waals surface area (Å²) in [4.78, 5) is 44.7. The van der Waals surface area contributed by atoms with Crippen LogP contribution in [-0.4, -0.2) is 41.5 Å². The normalized spacial score (nSPS) is 19.9. The number of fused-ring (bicyclic) bond motifs is 1. The van der Waals surface area contributed by atoms with Crippen molar-refractivity contribution in [1.82, 2.24) is 10.3 Å². The molecule has 1 aromatic carbocycles. The number of nitrogens with zero attached hydrogens (tertiary/aromatic N) is 2. The van der Waals surface area contributed by atoms with Gasteiger partial charge in [-0.15, -0.1) is 17.8 Å². The van der Waals surface area contributed by atoms with E-state index in [9.17, 15) is 14.4 Å². The van der Waals surface area contributed by atoms with Gasteiger partial charge in [0.2, 0.25) is 0 Å². The van der Waals surface area contributed by atoms with Crippen molar-refractivity contribution in [2.75, 3.05) is 18.1 Å². The lowest BCUT2D eigenvalue weighted by atomic mass is 9.75. The summed E-state index contributed by atoms with van der Waals surface area (Å²) < 4.78 is 10.9. The number of cyclic esters (lactones) is 1. The molecule has 1 N–H and O–H groups in total. The van der Waals surface area contributed by atoms with Crippen LogP contribution in [0, 0.1) is 17.8 Å². The largest absolute Gasteiger partial charge is 0.451 e. The highest BCUT2D eigenvalue weighted by Gasteiger charge is 2.49. The number of Topliss-reactive ketones (excluding diaryl/α,β-unsaturated/α-hetero) is 1. The van der Waals surface area contributed by atoms with Gasteiger partial charge in [0.15, 0.2) is 16.7 Å². The molecule has 0 unspecified atom stereocenters. The van der Waals surface area contributed by atoms with Gasteiger partial charge in [-0.05, 0) is 37.8 Å². The molecule has 0 radical (unpaired) electrons. The standard InChI is InChI=1S/C28H27N3O5S/c1-2-27(10-11-27)16-23(32)28(8-4-3-5-9-28)30-24(33)22-15-19-7-6-18(14-21(19)36-22)20-17-37-25(29-20)31-12-13-35-26(31)34/h1,6-7,14-15,17H,3-5,8-13,16H2,(H,30,33). The van der Waals surface area contributed by atoms with E-state index in [0.29, 0.717) is 48.8 Å². The first-order chi connectivity index (χ1) is 17.9. The average Bonchev–Trinajstić information content (AvgIpc) is 3.25. The highest BCUT2D eigenvalue weighted by Crippen LogP contribution is 2.49. The summed E-state index contributed by atoms with van der Waals surface area (Å²) in [7, 11) is 0. The van der Waals surface area contributed by atoms with E-state index in [1.807, 2.05) is 23.6 Å². The maximum Gasteiger partial charge on any atom is 0.416 e. The summed E-state index contributed by atoms with van der Waals surface area (Å²) in [5, 5.41) is 6.29. The first-order valence-corrected chi connectivity index (χ1v) is 13.6. The van der Waals surface area contributed by atoms with E-state index in [1.54, 1.807) is 6.07 Å². The van der Waals surface area contributed by atoms with Gasteiger partial charge in [0.25, 0.3) is 5.91 Å². The number of amides is 2. The van der Waals surface area contributed by atoms with Crippen molar-refractivity contribution >= 4 is 45.2 Å². The van der Waals surface area contributed by atoms with Crippen LogP contribution in [-0.2, 0) is 9.53 Å². The molecule has 0 bridgehead atoms. The van der Waals surface area contributed by atoms with Gasteiger partial charge in [0.1, 0.15) is 12.2 Å². The van der Waals surface area contributed by atoms with E-state index in [1.165, 1.54) is 16.2 Å². The molecule has 190 valence electrons. The molecule has 3 aromatic rings. The molecule has 0 atom stereocenters. The molecule has 2 aliphatic carbocycles. The average molecular weight is 518 g/mol. The van der Waals surface area contributed by atoms with Crippen LogP contribution in [0.15, 0.2) is 34.1 Å². The number of furan rings is 1. The molecule has 1 aliphatic heterocycles. The minimum Gasteiger partial charge on any atom is -0.451 e. The van der Waals surface area contributed by atoms with Crippen LogP contribution in [0.4, 0.5) is 9.93 Å². The molecule has 2 saturated carbocycles.